The van der Waals surface area contributed by atoms with Crippen LogP contribution in [0.1, 0.15) is 90.9 Å². The van der Waals surface area contributed by atoms with Crippen LogP contribution in [0.25, 0.3) is 0 Å². The van der Waals surface area contributed by atoms with Gasteiger partial charge in [-0.3, -0.25) is 4.79 Å². The summed E-state index contributed by atoms with van der Waals surface area (Å²) < 4.78 is 5.59. The molecule has 3 heteroatoms. The van der Waals surface area contributed by atoms with Crippen molar-refractivity contribution in [1.29, 1.82) is 0 Å². The summed E-state index contributed by atoms with van der Waals surface area (Å²) in [6.07, 6.45) is 13.6. The third kappa shape index (κ3) is 8.17. The predicted octanol–water partition coefficient (Wildman–Crippen LogP) is 4.86. The van der Waals surface area contributed by atoms with E-state index in [0.29, 0.717) is 6.61 Å². The molecule has 1 N–H and O–H groups in total. The molecule has 0 radical (unpaired) electrons. The highest BCUT2D eigenvalue weighted by atomic mass is 16.5. The van der Waals surface area contributed by atoms with Crippen molar-refractivity contribution in [2.45, 2.75) is 97.0 Å². The lowest BCUT2D eigenvalue weighted by atomic mass is 9.79. The van der Waals surface area contributed by atoms with E-state index in [1.165, 1.54) is 32.1 Å². The van der Waals surface area contributed by atoms with Crippen LogP contribution in [0.4, 0.5) is 0 Å². The second-order valence-electron chi connectivity index (χ2n) is 7.03. The SMILES string of the molecule is CCCCC(C)OC(=O)C1CCC(CCCCCCO)CC1. The monoisotopic (exact) mass is 312 g/mol. The van der Waals surface area contributed by atoms with Gasteiger partial charge in [-0.2, -0.15) is 0 Å². The maximum atomic E-state index is 12.2. The fraction of sp³-hybridized carbons (Fsp3) is 0.947. The summed E-state index contributed by atoms with van der Waals surface area (Å²) in [6, 6.07) is 0. The van der Waals surface area contributed by atoms with Crippen molar-refractivity contribution in [3.8, 4) is 0 Å². The largest absolute Gasteiger partial charge is 0.462 e. The van der Waals surface area contributed by atoms with Crippen molar-refractivity contribution in [2.24, 2.45) is 11.8 Å². The number of rotatable bonds is 11. The summed E-state index contributed by atoms with van der Waals surface area (Å²) in [5.41, 5.74) is 0. The molecule has 1 saturated carbocycles. The summed E-state index contributed by atoms with van der Waals surface area (Å²) in [6.45, 7) is 4.51. The normalized spacial score (nSPS) is 23.2. The lowest BCUT2D eigenvalue weighted by Gasteiger charge is -2.28. The van der Waals surface area contributed by atoms with Crippen LogP contribution in [0.2, 0.25) is 0 Å². The molecule has 3 nitrogen and oxygen atoms in total. The van der Waals surface area contributed by atoms with Gasteiger partial charge in [0.1, 0.15) is 0 Å². The third-order valence-corrected chi connectivity index (χ3v) is 4.98. The van der Waals surface area contributed by atoms with Crippen molar-refractivity contribution in [1.82, 2.24) is 0 Å². The van der Waals surface area contributed by atoms with E-state index in [4.69, 9.17) is 9.84 Å². The number of unbranched alkanes of at least 4 members (excludes halogenated alkanes) is 4. The first-order valence-corrected chi connectivity index (χ1v) is 9.48. The van der Waals surface area contributed by atoms with E-state index in [2.05, 4.69) is 6.92 Å². The minimum absolute atomic E-state index is 0.0463. The van der Waals surface area contributed by atoms with Gasteiger partial charge in [0.05, 0.1) is 12.0 Å². The van der Waals surface area contributed by atoms with Gasteiger partial charge in [-0.05, 0) is 51.4 Å². The number of aliphatic hydroxyl groups is 1. The number of aliphatic hydroxyl groups excluding tert-OH is 1. The lowest BCUT2D eigenvalue weighted by molar-refractivity contribution is -0.155. The molecule has 22 heavy (non-hydrogen) atoms. The van der Waals surface area contributed by atoms with Crippen LogP contribution in [-0.4, -0.2) is 23.8 Å². The number of hydrogen-bond acceptors (Lipinski definition) is 3. The van der Waals surface area contributed by atoms with Gasteiger partial charge in [0.15, 0.2) is 0 Å². The number of hydrogen-bond donors (Lipinski definition) is 1. The maximum absolute atomic E-state index is 12.2. The smallest absolute Gasteiger partial charge is 0.309 e. The Bertz CT molecular complexity index is 282. The second kappa shape index (κ2) is 11.9. The van der Waals surface area contributed by atoms with Crippen LogP contribution >= 0.6 is 0 Å². The zero-order chi connectivity index (χ0) is 16.2. The Balaban J connectivity index is 2.12. The van der Waals surface area contributed by atoms with Gasteiger partial charge >= 0.3 is 5.97 Å². The molecule has 0 aliphatic heterocycles. The van der Waals surface area contributed by atoms with Crippen LogP contribution in [0.15, 0.2) is 0 Å². The standard InChI is InChI=1S/C19H36O3/c1-3-4-9-16(2)22-19(21)18-13-11-17(12-14-18)10-7-5-6-8-15-20/h16-18,20H,3-15H2,1-2H3. The Morgan fingerprint density at radius 1 is 1.09 bits per heavy atom. The summed E-state index contributed by atoms with van der Waals surface area (Å²) in [5.74, 6) is 0.996. The topological polar surface area (TPSA) is 46.5 Å². The van der Waals surface area contributed by atoms with E-state index in [-0.39, 0.29) is 18.0 Å². The highest BCUT2D eigenvalue weighted by molar-refractivity contribution is 5.72. The van der Waals surface area contributed by atoms with Crippen LogP contribution in [0.5, 0.6) is 0 Å². The van der Waals surface area contributed by atoms with Gasteiger partial charge in [-0.15, -0.1) is 0 Å². The molecule has 0 aromatic rings. The predicted molar refractivity (Wildman–Crippen MR) is 90.7 cm³/mol. The summed E-state index contributed by atoms with van der Waals surface area (Å²) in [7, 11) is 0. The minimum Gasteiger partial charge on any atom is -0.462 e. The molecule has 1 unspecified atom stereocenters. The molecular weight excluding hydrogens is 276 g/mol. The zero-order valence-corrected chi connectivity index (χ0v) is 14.7. The molecule has 0 spiro atoms. The molecule has 1 aliphatic rings. The Hall–Kier alpha value is -0.570. The number of esters is 1. The molecule has 0 aromatic carbocycles. The maximum Gasteiger partial charge on any atom is 0.309 e. The number of carbonyl (C=O) groups is 1. The van der Waals surface area contributed by atoms with E-state index < -0.39 is 0 Å². The van der Waals surface area contributed by atoms with Gasteiger partial charge in [0, 0.05) is 6.61 Å². The van der Waals surface area contributed by atoms with Crippen LogP contribution < -0.4 is 0 Å². The highest BCUT2D eigenvalue weighted by Gasteiger charge is 2.27. The molecule has 0 heterocycles. The fourth-order valence-electron chi connectivity index (χ4n) is 3.43. The van der Waals surface area contributed by atoms with Gasteiger partial charge in [0.2, 0.25) is 0 Å². The zero-order valence-electron chi connectivity index (χ0n) is 14.7. The summed E-state index contributed by atoms with van der Waals surface area (Å²) in [4.78, 5) is 12.2. The molecular formula is C19H36O3. The third-order valence-electron chi connectivity index (χ3n) is 4.98. The molecule has 0 aromatic heterocycles. The van der Waals surface area contributed by atoms with Crippen LogP contribution in [0, 0.1) is 11.8 Å². The van der Waals surface area contributed by atoms with Crippen molar-refractivity contribution < 1.29 is 14.6 Å². The Kier molecular flexibility index (Phi) is 10.6. The van der Waals surface area contributed by atoms with E-state index >= 15 is 0 Å². The average molecular weight is 312 g/mol. The van der Waals surface area contributed by atoms with Crippen molar-refractivity contribution in [3.05, 3.63) is 0 Å². The summed E-state index contributed by atoms with van der Waals surface area (Å²) >= 11 is 0. The molecule has 1 rings (SSSR count). The van der Waals surface area contributed by atoms with Gasteiger partial charge < -0.3 is 9.84 Å². The molecule has 1 aliphatic carbocycles. The fourth-order valence-corrected chi connectivity index (χ4v) is 3.43. The van der Waals surface area contributed by atoms with Gasteiger partial charge in [-0.1, -0.05) is 45.4 Å². The molecule has 130 valence electrons. The van der Waals surface area contributed by atoms with Crippen LogP contribution in [0.3, 0.4) is 0 Å². The van der Waals surface area contributed by atoms with E-state index in [1.807, 2.05) is 6.92 Å². The molecule has 0 saturated heterocycles. The quantitative estimate of drug-likeness (QED) is 0.438. The first kappa shape index (κ1) is 19.5. The second-order valence-corrected chi connectivity index (χ2v) is 7.03. The first-order valence-electron chi connectivity index (χ1n) is 9.48. The number of carbonyl (C=O) groups excluding carboxylic acids is 1. The van der Waals surface area contributed by atoms with E-state index in [1.54, 1.807) is 0 Å². The Labute approximate surface area is 136 Å². The highest BCUT2D eigenvalue weighted by Crippen LogP contribution is 2.33. The number of ether oxygens (including phenoxy) is 1. The molecule has 1 fully saturated rings. The Morgan fingerprint density at radius 3 is 2.41 bits per heavy atom. The van der Waals surface area contributed by atoms with E-state index in [9.17, 15) is 4.79 Å². The van der Waals surface area contributed by atoms with Crippen LogP contribution in [-0.2, 0) is 9.53 Å². The van der Waals surface area contributed by atoms with Crippen molar-refractivity contribution in [2.75, 3.05) is 6.61 Å². The van der Waals surface area contributed by atoms with Gasteiger partial charge in [-0.25, -0.2) is 0 Å². The summed E-state index contributed by atoms with van der Waals surface area (Å²) in [5, 5.41) is 8.76. The Morgan fingerprint density at radius 2 is 1.77 bits per heavy atom. The lowest BCUT2D eigenvalue weighted by Crippen LogP contribution is -2.26. The molecule has 0 bridgehead atoms. The average Bonchev–Trinajstić information content (AvgIpc) is 2.53. The van der Waals surface area contributed by atoms with Crippen molar-refractivity contribution in [3.63, 3.8) is 0 Å². The van der Waals surface area contributed by atoms with Gasteiger partial charge in [0.25, 0.3) is 0 Å². The minimum atomic E-state index is 0.0463. The van der Waals surface area contributed by atoms with E-state index in [0.717, 1.165) is 50.9 Å². The van der Waals surface area contributed by atoms with Crippen molar-refractivity contribution >= 4 is 5.97 Å². The first-order chi connectivity index (χ1) is 10.7. The molecule has 0 amide bonds. The molecule has 1 atom stereocenters.